The Morgan fingerprint density at radius 3 is 2.47 bits per heavy atom. The van der Waals surface area contributed by atoms with Crippen LogP contribution in [-0.2, 0) is 11.3 Å². The minimum atomic E-state index is -0.268. The summed E-state index contributed by atoms with van der Waals surface area (Å²) in [5, 5.41) is 2.84. The molecule has 1 rings (SSSR count). The number of rotatable bonds is 7. The fraction of sp³-hybridized carbons (Fsp3) is 0.533. The van der Waals surface area contributed by atoms with Crippen molar-refractivity contribution in [3.05, 3.63) is 35.6 Å². The molecule has 0 heterocycles. The molecule has 4 heteroatoms. The second kappa shape index (κ2) is 7.89. The summed E-state index contributed by atoms with van der Waals surface area (Å²) in [6, 6.07) is 6.13. The second-order valence-corrected chi connectivity index (χ2v) is 5.34. The number of halogens is 1. The van der Waals surface area contributed by atoms with Crippen molar-refractivity contribution < 1.29 is 9.18 Å². The minimum Gasteiger partial charge on any atom is -0.352 e. The molecule has 0 saturated heterocycles. The molecular formula is C15H23FN2O. The molecule has 0 saturated carbocycles. The van der Waals surface area contributed by atoms with Crippen molar-refractivity contribution in [2.75, 3.05) is 6.54 Å². The monoisotopic (exact) mass is 266 g/mol. The van der Waals surface area contributed by atoms with Crippen LogP contribution in [0.4, 0.5) is 4.39 Å². The third kappa shape index (κ3) is 6.34. The van der Waals surface area contributed by atoms with Crippen molar-refractivity contribution in [3.8, 4) is 0 Å². The molecule has 0 radical (unpaired) electrons. The Balaban J connectivity index is 2.36. The van der Waals surface area contributed by atoms with Crippen molar-refractivity contribution in [2.24, 2.45) is 17.6 Å². The molecule has 1 aromatic carbocycles. The van der Waals surface area contributed by atoms with Gasteiger partial charge in [-0.2, -0.15) is 0 Å². The van der Waals surface area contributed by atoms with E-state index < -0.39 is 0 Å². The maximum absolute atomic E-state index is 12.7. The molecular weight excluding hydrogens is 243 g/mol. The molecule has 0 fully saturated rings. The number of nitrogens with two attached hydrogens (primary N) is 1. The fourth-order valence-corrected chi connectivity index (χ4v) is 2.07. The van der Waals surface area contributed by atoms with Crippen LogP contribution in [0.5, 0.6) is 0 Å². The van der Waals surface area contributed by atoms with Crippen LogP contribution in [0.1, 0.15) is 32.3 Å². The molecule has 0 unspecified atom stereocenters. The maximum Gasteiger partial charge on any atom is 0.220 e. The first-order valence-corrected chi connectivity index (χ1v) is 6.72. The van der Waals surface area contributed by atoms with Gasteiger partial charge in [-0.05, 0) is 42.5 Å². The van der Waals surface area contributed by atoms with E-state index in [4.69, 9.17) is 5.73 Å². The number of hydrogen-bond acceptors (Lipinski definition) is 2. The van der Waals surface area contributed by atoms with Gasteiger partial charge >= 0.3 is 0 Å². The lowest BCUT2D eigenvalue weighted by atomic mass is 9.94. The molecule has 19 heavy (non-hydrogen) atoms. The predicted octanol–water partition coefficient (Wildman–Crippen LogP) is 2.45. The average molecular weight is 266 g/mol. The largest absolute Gasteiger partial charge is 0.352 e. The Hall–Kier alpha value is -1.42. The average Bonchev–Trinajstić information content (AvgIpc) is 2.36. The van der Waals surface area contributed by atoms with Gasteiger partial charge in [0.1, 0.15) is 5.82 Å². The van der Waals surface area contributed by atoms with Crippen molar-refractivity contribution in [2.45, 2.75) is 33.2 Å². The molecule has 0 aromatic heterocycles. The summed E-state index contributed by atoms with van der Waals surface area (Å²) in [5.74, 6) is 0.502. The van der Waals surface area contributed by atoms with Gasteiger partial charge in [0.15, 0.2) is 0 Å². The number of carbonyl (C=O) groups is 1. The third-order valence-corrected chi connectivity index (χ3v) is 3.02. The molecule has 3 nitrogen and oxygen atoms in total. The smallest absolute Gasteiger partial charge is 0.220 e. The van der Waals surface area contributed by atoms with Gasteiger partial charge in [0.05, 0.1) is 0 Å². The zero-order valence-corrected chi connectivity index (χ0v) is 11.7. The zero-order chi connectivity index (χ0) is 14.3. The van der Waals surface area contributed by atoms with E-state index in [2.05, 4.69) is 19.2 Å². The van der Waals surface area contributed by atoms with Crippen LogP contribution in [0.3, 0.4) is 0 Å². The Labute approximate surface area is 114 Å². The van der Waals surface area contributed by atoms with E-state index in [9.17, 15) is 9.18 Å². The van der Waals surface area contributed by atoms with Crippen LogP contribution in [0.2, 0.25) is 0 Å². The van der Waals surface area contributed by atoms with E-state index in [1.165, 1.54) is 12.1 Å². The van der Waals surface area contributed by atoms with E-state index >= 15 is 0 Å². The van der Waals surface area contributed by atoms with Crippen LogP contribution in [0.25, 0.3) is 0 Å². The fourth-order valence-electron chi connectivity index (χ4n) is 2.07. The van der Waals surface area contributed by atoms with Gasteiger partial charge in [0.2, 0.25) is 5.91 Å². The van der Waals surface area contributed by atoms with Crippen LogP contribution >= 0.6 is 0 Å². The first-order chi connectivity index (χ1) is 9.01. The highest BCUT2D eigenvalue weighted by molar-refractivity contribution is 5.76. The Kier molecular flexibility index (Phi) is 6.50. The number of nitrogens with one attached hydrogen (secondary N) is 1. The van der Waals surface area contributed by atoms with E-state index in [1.54, 1.807) is 12.1 Å². The van der Waals surface area contributed by atoms with Crippen molar-refractivity contribution >= 4 is 5.91 Å². The first-order valence-electron chi connectivity index (χ1n) is 6.72. The van der Waals surface area contributed by atoms with Crippen LogP contribution in [0.15, 0.2) is 24.3 Å². The predicted molar refractivity (Wildman–Crippen MR) is 74.9 cm³/mol. The van der Waals surface area contributed by atoms with Crippen LogP contribution in [-0.4, -0.2) is 12.5 Å². The number of carbonyl (C=O) groups excluding carboxylic acids is 1. The molecule has 3 N–H and O–H groups in total. The summed E-state index contributed by atoms with van der Waals surface area (Å²) in [5.41, 5.74) is 6.56. The summed E-state index contributed by atoms with van der Waals surface area (Å²) >= 11 is 0. The number of hydrogen-bond donors (Lipinski definition) is 2. The van der Waals surface area contributed by atoms with Crippen LogP contribution < -0.4 is 11.1 Å². The summed E-state index contributed by atoms with van der Waals surface area (Å²) in [4.78, 5) is 11.8. The topological polar surface area (TPSA) is 55.1 Å². The molecule has 1 amide bonds. The zero-order valence-electron chi connectivity index (χ0n) is 11.7. The molecule has 1 aromatic rings. The van der Waals surface area contributed by atoms with Gasteiger partial charge in [-0.3, -0.25) is 4.79 Å². The Bertz CT molecular complexity index is 390. The molecule has 1 atom stereocenters. The standard InChI is InChI=1S/C15H23FN2O/c1-11(2)7-13(9-17)8-15(19)18-10-12-3-5-14(16)6-4-12/h3-6,11,13H,7-10,17H2,1-2H3,(H,18,19)/t13-/m1/s1. The van der Waals surface area contributed by atoms with E-state index in [-0.39, 0.29) is 17.6 Å². The molecule has 0 spiro atoms. The SMILES string of the molecule is CC(C)C[C@@H](CN)CC(=O)NCc1ccc(F)cc1. The number of benzene rings is 1. The molecule has 0 bridgehead atoms. The first kappa shape index (κ1) is 15.6. The lowest BCUT2D eigenvalue weighted by Gasteiger charge is -2.16. The highest BCUT2D eigenvalue weighted by Crippen LogP contribution is 2.14. The van der Waals surface area contributed by atoms with Gasteiger partial charge in [0.25, 0.3) is 0 Å². The Morgan fingerprint density at radius 1 is 1.32 bits per heavy atom. The van der Waals surface area contributed by atoms with Gasteiger partial charge in [-0.25, -0.2) is 4.39 Å². The highest BCUT2D eigenvalue weighted by Gasteiger charge is 2.13. The highest BCUT2D eigenvalue weighted by atomic mass is 19.1. The van der Waals surface area contributed by atoms with Crippen molar-refractivity contribution in [1.82, 2.24) is 5.32 Å². The summed E-state index contributed by atoms with van der Waals surface area (Å²) in [7, 11) is 0. The third-order valence-electron chi connectivity index (χ3n) is 3.02. The van der Waals surface area contributed by atoms with Crippen molar-refractivity contribution in [1.29, 1.82) is 0 Å². The van der Waals surface area contributed by atoms with Gasteiger partial charge < -0.3 is 11.1 Å². The molecule has 106 valence electrons. The summed E-state index contributed by atoms with van der Waals surface area (Å²) in [6.07, 6.45) is 1.41. The summed E-state index contributed by atoms with van der Waals surface area (Å²) < 4.78 is 12.7. The van der Waals surface area contributed by atoms with Gasteiger partial charge in [-0.15, -0.1) is 0 Å². The molecule has 0 aliphatic carbocycles. The number of amides is 1. The van der Waals surface area contributed by atoms with E-state index in [1.807, 2.05) is 0 Å². The van der Waals surface area contributed by atoms with Gasteiger partial charge in [-0.1, -0.05) is 26.0 Å². The lowest BCUT2D eigenvalue weighted by molar-refractivity contribution is -0.122. The normalized spacial score (nSPS) is 12.5. The van der Waals surface area contributed by atoms with Crippen molar-refractivity contribution in [3.63, 3.8) is 0 Å². The second-order valence-electron chi connectivity index (χ2n) is 5.34. The maximum atomic E-state index is 12.7. The van der Waals surface area contributed by atoms with Crippen LogP contribution in [0, 0.1) is 17.7 Å². The molecule has 0 aliphatic rings. The van der Waals surface area contributed by atoms with E-state index in [0.29, 0.717) is 25.4 Å². The Morgan fingerprint density at radius 2 is 1.95 bits per heavy atom. The molecule has 0 aliphatic heterocycles. The lowest BCUT2D eigenvalue weighted by Crippen LogP contribution is -2.28. The van der Waals surface area contributed by atoms with Gasteiger partial charge in [0, 0.05) is 13.0 Å². The summed E-state index contributed by atoms with van der Waals surface area (Å²) in [6.45, 7) is 5.21. The van der Waals surface area contributed by atoms with E-state index in [0.717, 1.165) is 12.0 Å². The minimum absolute atomic E-state index is 0.000394. The quantitative estimate of drug-likeness (QED) is 0.796.